The van der Waals surface area contributed by atoms with Crippen LogP contribution in [0.1, 0.15) is 23.4 Å². The maximum absolute atomic E-state index is 12.9. The topological polar surface area (TPSA) is 90.1 Å². The van der Waals surface area contributed by atoms with E-state index in [1.165, 1.54) is 4.90 Å². The number of aryl methyl sites for hydroxylation is 1. The lowest BCUT2D eigenvalue weighted by Crippen LogP contribution is -2.50. The van der Waals surface area contributed by atoms with Crippen molar-refractivity contribution in [3.8, 4) is 0 Å². The quantitative estimate of drug-likeness (QED) is 0.626. The fourth-order valence-electron chi connectivity index (χ4n) is 4.61. The zero-order valence-corrected chi connectivity index (χ0v) is 18.9. The highest BCUT2D eigenvalue weighted by Crippen LogP contribution is 2.33. The van der Waals surface area contributed by atoms with Crippen molar-refractivity contribution in [2.75, 3.05) is 37.6 Å². The van der Waals surface area contributed by atoms with Crippen LogP contribution in [0.15, 0.2) is 40.9 Å². The van der Waals surface area contributed by atoms with Gasteiger partial charge in [0.05, 0.1) is 18.1 Å². The summed E-state index contributed by atoms with van der Waals surface area (Å²) in [5.74, 6) is 0.896. The highest BCUT2D eigenvalue weighted by Gasteiger charge is 2.27. The number of halogens is 1. The van der Waals surface area contributed by atoms with E-state index in [2.05, 4.69) is 9.88 Å². The predicted molar refractivity (Wildman–Crippen MR) is 125 cm³/mol. The molecule has 172 valence electrons. The summed E-state index contributed by atoms with van der Waals surface area (Å²) in [6, 6.07) is 9.52. The zero-order valence-electron chi connectivity index (χ0n) is 18.2. The Kier molecular flexibility index (Phi) is 5.95. The fraction of sp³-hybridized carbons (Fsp3) is 0.375. The van der Waals surface area contributed by atoms with Crippen LogP contribution in [-0.2, 0) is 24.2 Å². The molecule has 1 fully saturated rings. The first kappa shape index (κ1) is 21.7. The van der Waals surface area contributed by atoms with E-state index in [4.69, 9.17) is 16.0 Å². The van der Waals surface area contributed by atoms with Gasteiger partial charge in [0.15, 0.2) is 0 Å². The van der Waals surface area contributed by atoms with Gasteiger partial charge in [0.1, 0.15) is 11.3 Å². The van der Waals surface area contributed by atoms with Crippen molar-refractivity contribution in [2.24, 2.45) is 0 Å². The molecule has 0 atom stereocenters. The smallest absolute Gasteiger partial charge is 0.407 e. The number of furan rings is 1. The van der Waals surface area contributed by atoms with Crippen molar-refractivity contribution in [3.05, 3.63) is 58.6 Å². The lowest BCUT2D eigenvalue weighted by molar-refractivity contribution is -0.121. The van der Waals surface area contributed by atoms with Crippen LogP contribution in [0.25, 0.3) is 11.0 Å². The lowest BCUT2D eigenvalue weighted by atomic mass is 10.1. The Hall–Kier alpha value is -3.10. The minimum atomic E-state index is -0.913. The van der Waals surface area contributed by atoms with Gasteiger partial charge in [-0.25, -0.2) is 4.79 Å². The molecule has 0 bridgehead atoms. The molecule has 0 saturated carbocycles. The number of carboxylic acid groups (broad SMARTS) is 1. The standard InChI is InChI=1S/C24H25ClN4O4/c25-16-3-4-17(26-13-16)7-9-27-10-11-29(23(30)15-27)18-5-6-19-20-14-28(24(31)32)8-1-2-21(20)33-22(19)12-18/h3-6,12-13H,1-2,7-11,14-15H2,(H,31,32). The average Bonchev–Trinajstić information content (AvgIpc) is 2.99. The number of hydrogen-bond donors (Lipinski definition) is 1. The van der Waals surface area contributed by atoms with Gasteiger partial charge < -0.3 is 19.3 Å². The van der Waals surface area contributed by atoms with Gasteiger partial charge in [0, 0.05) is 73.6 Å². The number of pyridine rings is 1. The molecule has 0 unspecified atom stereocenters. The number of anilines is 1. The number of rotatable bonds is 4. The average molecular weight is 469 g/mol. The summed E-state index contributed by atoms with van der Waals surface area (Å²) < 4.78 is 6.10. The Morgan fingerprint density at radius 3 is 2.79 bits per heavy atom. The maximum atomic E-state index is 12.9. The van der Waals surface area contributed by atoms with E-state index in [0.29, 0.717) is 43.2 Å². The summed E-state index contributed by atoms with van der Waals surface area (Å²) >= 11 is 5.89. The molecule has 33 heavy (non-hydrogen) atoms. The minimum absolute atomic E-state index is 0.0508. The van der Waals surface area contributed by atoms with Gasteiger partial charge in [-0.15, -0.1) is 0 Å². The first-order chi connectivity index (χ1) is 16.0. The Balaban J connectivity index is 1.27. The van der Waals surface area contributed by atoms with Crippen LogP contribution < -0.4 is 4.90 Å². The van der Waals surface area contributed by atoms with E-state index in [1.807, 2.05) is 30.3 Å². The van der Waals surface area contributed by atoms with E-state index in [9.17, 15) is 14.7 Å². The normalized spacial score (nSPS) is 17.3. The van der Waals surface area contributed by atoms with Crippen molar-refractivity contribution in [2.45, 2.75) is 25.8 Å². The van der Waals surface area contributed by atoms with Crippen molar-refractivity contribution in [1.29, 1.82) is 0 Å². The Morgan fingerprint density at radius 2 is 2.03 bits per heavy atom. The lowest BCUT2D eigenvalue weighted by Gasteiger charge is -2.34. The molecule has 0 spiro atoms. The minimum Gasteiger partial charge on any atom is -0.465 e. The number of aromatic nitrogens is 1. The number of carbonyl (C=O) groups excluding carboxylic acids is 1. The van der Waals surface area contributed by atoms with Crippen molar-refractivity contribution in [1.82, 2.24) is 14.8 Å². The molecule has 8 nitrogen and oxygen atoms in total. The van der Waals surface area contributed by atoms with E-state index in [0.717, 1.165) is 54.0 Å². The highest BCUT2D eigenvalue weighted by molar-refractivity contribution is 6.30. The molecule has 0 radical (unpaired) electrons. The second-order valence-corrected chi connectivity index (χ2v) is 8.97. The third-order valence-corrected chi connectivity index (χ3v) is 6.62. The van der Waals surface area contributed by atoms with Gasteiger partial charge in [-0.2, -0.15) is 0 Å². The molecule has 2 amide bonds. The molecule has 1 saturated heterocycles. The summed E-state index contributed by atoms with van der Waals surface area (Å²) in [4.78, 5) is 34.1. The molecule has 2 aromatic heterocycles. The second-order valence-electron chi connectivity index (χ2n) is 8.53. The van der Waals surface area contributed by atoms with Crippen LogP contribution in [0.3, 0.4) is 0 Å². The number of nitrogens with zero attached hydrogens (tertiary/aromatic N) is 4. The summed E-state index contributed by atoms with van der Waals surface area (Å²) in [5, 5.41) is 11.0. The van der Waals surface area contributed by atoms with Crippen LogP contribution in [0.4, 0.5) is 10.5 Å². The summed E-state index contributed by atoms with van der Waals surface area (Å²) in [7, 11) is 0. The van der Waals surface area contributed by atoms with E-state index in [1.54, 1.807) is 11.1 Å². The number of fused-ring (bicyclic) bond motifs is 3. The fourth-order valence-corrected chi connectivity index (χ4v) is 4.72. The largest absolute Gasteiger partial charge is 0.465 e. The molecule has 9 heteroatoms. The monoisotopic (exact) mass is 468 g/mol. The number of benzene rings is 1. The van der Waals surface area contributed by atoms with Gasteiger partial charge in [0.25, 0.3) is 0 Å². The van der Waals surface area contributed by atoms with Gasteiger partial charge in [0.2, 0.25) is 5.91 Å². The molecule has 4 heterocycles. The molecule has 1 N–H and O–H groups in total. The number of amides is 2. The maximum Gasteiger partial charge on any atom is 0.407 e. The number of hydrogen-bond acceptors (Lipinski definition) is 5. The predicted octanol–water partition coefficient (Wildman–Crippen LogP) is 3.80. The van der Waals surface area contributed by atoms with Crippen LogP contribution in [-0.4, -0.2) is 64.6 Å². The third-order valence-electron chi connectivity index (χ3n) is 6.40. The van der Waals surface area contributed by atoms with Gasteiger partial charge in [-0.3, -0.25) is 14.7 Å². The summed E-state index contributed by atoms with van der Waals surface area (Å²) in [6.07, 6.45) is 2.94. The molecule has 3 aromatic rings. The molecule has 5 rings (SSSR count). The van der Waals surface area contributed by atoms with Crippen LogP contribution >= 0.6 is 11.6 Å². The SMILES string of the molecule is O=C(O)N1CCCc2oc3cc(N4CCN(CCc5ccc(Cl)cn5)CC4=O)ccc3c2C1. The van der Waals surface area contributed by atoms with Gasteiger partial charge >= 0.3 is 6.09 Å². The zero-order chi connectivity index (χ0) is 22.9. The Labute approximate surface area is 196 Å². The molecule has 2 aliphatic heterocycles. The first-order valence-corrected chi connectivity index (χ1v) is 11.5. The second kappa shape index (κ2) is 9.03. The van der Waals surface area contributed by atoms with Crippen LogP contribution in [0.5, 0.6) is 0 Å². The molecule has 0 aliphatic carbocycles. The number of piperazine rings is 1. The third kappa shape index (κ3) is 4.54. The van der Waals surface area contributed by atoms with E-state index < -0.39 is 6.09 Å². The van der Waals surface area contributed by atoms with Gasteiger partial charge in [-0.1, -0.05) is 11.6 Å². The van der Waals surface area contributed by atoms with Crippen LogP contribution in [0.2, 0.25) is 5.02 Å². The Bertz CT molecular complexity index is 1190. The summed E-state index contributed by atoms with van der Waals surface area (Å²) in [5.41, 5.74) is 3.40. The van der Waals surface area contributed by atoms with Crippen molar-refractivity contribution >= 4 is 40.3 Å². The van der Waals surface area contributed by atoms with Crippen molar-refractivity contribution in [3.63, 3.8) is 0 Å². The van der Waals surface area contributed by atoms with Crippen molar-refractivity contribution < 1.29 is 19.1 Å². The van der Waals surface area contributed by atoms with E-state index >= 15 is 0 Å². The number of carbonyl (C=O) groups is 2. The molecular weight excluding hydrogens is 444 g/mol. The molecule has 1 aromatic carbocycles. The molecule has 2 aliphatic rings. The summed E-state index contributed by atoms with van der Waals surface area (Å²) in [6.45, 7) is 3.33. The first-order valence-electron chi connectivity index (χ1n) is 11.1. The highest BCUT2D eigenvalue weighted by atomic mass is 35.5. The van der Waals surface area contributed by atoms with E-state index in [-0.39, 0.29) is 5.91 Å². The molecular formula is C24H25ClN4O4. The Morgan fingerprint density at radius 1 is 1.15 bits per heavy atom. The van der Waals surface area contributed by atoms with Crippen LogP contribution in [0, 0.1) is 0 Å². The van der Waals surface area contributed by atoms with Gasteiger partial charge in [-0.05, 0) is 30.7 Å².